The van der Waals surface area contributed by atoms with E-state index in [1.54, 1.807) is 25.2 Å². The SMILES string of the molecule is COc1c(OC[C@H](O)CN2CCOCC2)ccc2c(=O)n(C)c(NC(=O)c3cnc(N)nc3)cc12. The Labute approximate surface area is 201 Å². The maximum atomic E-state index is 13.0. The summed E-state index contributed by atoms with van der Waals surface area (Å²) in [5.74, 6) is 0.486. The molecule has 1 aromatic carbocycles. The predicted octanol–water partition coefficient (Wildman–Crippen LogP) is 0.244. The van der Waals surface area contributed by atoms with Crippen molar-refractivity contribution in [3.63, 3.8) is 0 Å². The second kappa shape index (κ2) is 10.7. The molecule has 186 valence electrons. The number of nitrogens with zero attached hydrogens (tertiary/aromatic N) is 4. The van der Waals surface area contributed by atoms with Gasteiger partial charge in [0, 0.05) is 44.5 Å². The molecule has 0 aliphatic carbocycles. The number of nitrogens with one attached hydrogen (secondary N) is 1. The molecule has 1 atom stereocenters. The van der Waals surface area contributed by atoms with Gasteiger partial charge in [-0.3, -0.25) is 19.1 Å². The van der Waals surface area contributed by atoms with E-state index in [0.29, 0.717) is 42.0 Å². The van der Waals surface area contributed by atoms with Crippen molar-refractivity contribution < 1.29 is 24.1 Å². The normalized spacial score (nSPS) is 15.1. The second-order valence-electron chi connectivity index (χ2n) is 8.11. The van der Waals surface area contributed by atoms with Crippen LogP contribution in [-0.2, 0) is 11.8 Å². The Morgan fingerprint density at radius 2 is 1.97 bits per heavy atom. The molecule has 1 aliphatic rings. The van der Waals surface area contributed by atoms with E-state index in [9.17, 15) is 14.7 Å². The Kier molecular flexibility index (Phi) is 7.44. The number of hydrogen-bond acceptors (Lipinski definition) is 10. The maximum absolute atomic E-state index is 13.0. The predicted molar refractivity (Wildman–Crippen MR) is 129 cm³/mol. The zero-order valence-electron chi connectivity index (χ0n) is 19.6. The number of nitrogen functional groups attached to an aromatic ring is 1. The van der Waals surface area contributed by atoms with E-state index in [1.165, 1.54) is 24.1 Å². The lowest BCUT2D eigenvalue weighted by Gasteiger charge is -2.28. The van der Waals surface area contributed by atoms with Gasteiger partial charge in [-0.2, -0.15) is 0 Å². The van der Waals surface area contributed by atoms with Crippen molar-refractivity contribution in [2.75, 3.05) is 57.6 Å². The third-order valence-electron chi connectivity index (χ3n) is 5.72. The monoisotopic (exact) mass is 484 g/mol. The number of aliphatic hydroxyl groups excluding tert-OH is 1. The fourth-order valence-electron chi connectivity index (χ4n) is 3.84. The van der Waals surface area contributed by atoms with Gasteiger partial charge in [0.05, 0.1) is 31.3 Å². The Hall–Kier alpha value is -3.74. The molecule has 0 saturated carbocycles. The summed E-state index contributed by atoms with van der Waals surface area (Å²) in [5, 5.41) is 14.0. The summed E-state index contributed by atoms with van der Waals surface area (Å²) in [6.45, 7) is 3.32. The van der Waals surface area contributed by atoms with Crippen molar-refractivity contribution in [3.05, 3.63) is 46.5 Å². The van der Waals surface area contributed by atoms with Crippen LogP contribution in [0.3, 0.4) is 0 Å². The van der Waals surface area contributed by atoms with E-state index in [4.69, 9.17) is 19.9 Å². The molecular formula is C23H28N6O6. The molecule has 1 saturated heterocycles. The molecule has 12 nitrogen and oxygen atoms in total. The van der Waals surface area contributed by atoms with Gasteiger partial charge in [-0.1, -0.05) is 0 Å². The van der Waals surface area contributed by atoms with Crippen molar-refractivity contribution in [2.45, 2.75) is 6.10 Å². The number of aromatic nitrogens is 3. The van der Waals surface area contributed by atoms with Crippen molar-refractivity contribution in [2.24, 2.45) is 7.05 Å². The number of rotatable bonds is 8. The van der Waals surface area contributed by atoms with Crippen LogP contribution in [0, 0.1) is 0 Å². The van der Waals surface area contributed by atoms with Crippen molar-refractivity contribution in [1.29, 1.82) is 0 Å². The Bertz CT molecular complexity index is 1260. The topological polar surface area (TPSA) is 154 Å². The summed E-state index contributed by atoms with van der Waals surface area (Å²) in [7, 11) is 3.02. The highest BCUT2D eigenvalue weighted by Crippen LogP contribution is 2.35. The lowest BCUT2D eigenvalue weighted by atomic mass is 10.1. The van der Waals surface area contributed by atoms with Crippen LogP contribution >= 0.6 is 0 Å². The van der Waals surface area contributed by atoms with Gasteiger partial charge in [-0.05, 0) is 18.2 Å². The molecule has 3 heterocycles. The van der Waals surface area contributed by atoms with E-state index in [0.717, 1.165) is 13.1 Å². The number of morpholine rings is 1. The van der Waals surface area contributed by atoms with E-state index in [2.05, 4.69) is 20.2 Å². The minimum atomic E-state index is -0.714. The number of ether oxygens (including phenoxy) is 3. The van der Waals surface area contributed by atoms with Gasteiger partial charge in [-0.15, -0.1) is 0 Å². The highest BCUT2D eigenvalue weighted by atomic mass is 16.5. The number of carbonyl (C=O) groups is 1. The standard InChI is InChI=1S/C23H28N6O6/c1-28-19(27-21(31)14-10-25-23(24)26-11-14)9-17-16(22(28)32)3-4-18(20(17)33-2)35-13-15(30)12-29-5-7-34-8-6-29/h3-4,9-11,15,30H,5-8,12-13H2,1-2H3,(H,27,31)(H2,24,25,26)/t15-/m1/s1. The lowest BCUT2D eigenvalue weighted by molar-refractivity contribution is 0.00447. The summed E-state index contributed by atoms with van der Waals surface area (Å²) in [5.41, 5.74) is 5.33. The first-order valence-electron chi connectivity index (χ1n) is 11.1. The van der Waals surface area contributed by atoms with Gasteiger partial charge in [0.1, 0.15) is 18.5 Å². The van der Waals surface area contributed by atoms with E-state index in [1.807, 2.05) is 0 Å². The Morgan fingerprint density at radius 3 is 2.66 bits per heavy atom. The quantitative estimate of drug-likeness (QED) is 0.405. The number of pyridine rings is 1. The van der Waals surface area contributed by atoms with Gasteiger partial charge in [-0.25, -0.2) is 9.97 Å². The summed E-state index contributed by atoms with van der Waals surface area (Å²) in [6, 6.07) is 4.89. The average molecular weight is 485 g/mol. The summed E-state index contributed by atoms with van der Waals surface area (Å²) in [6.07, 6.45) is 1.88. The van der Waals surface area contributed by atoms with Crippen LogP contribution in [0.2, 0.25) is 0 Å². The van der Waals surface area contributed by atoms with Gasteiger partial charge in [0.2, 0.25) is 5.95 Å². The molecule has 4 rings (SSSR count). The van der Waals surface area contributed by atoms with Gasteiger partial charge >= 0.3 is 0 Å². The zero-order valence-corrected chi connectivity index (χ0v) is 19.6. The number of carbonyl (C=O) groups excluding carboxylic acids is 1. The van der Waals surface area contributed by atoms with Crippen LogP contribution in [0.1, 0.15) is 10.4 Å². The number of anilines is 2. The lowest BCUT2D eigenvalue weighted by Crippen LogP contribution is -2.42. The van der Waals surface area contributed by atoms with Gasteiger partial charge in [0.15, 0.2) is 11.5 Å². The van der Waals surface area contributed by atoms with Gasteiger partial charge in [0.25, 0.3) is 11.5 Å². The molecule has 12 heteroatoms. The molecule has 0 radical (unpaired) electrons. The molecule has 4 N–H and O–H groups in total. The zero-order chi connectivity index (χ0) is 24.9. The molecule has 1 fully saturated rings. The molecule has 0 bridgehead atoms. The number of nitrogens with two attached hydrogens (primary N) is 1. The number of benzene rings is 1. The number of aliphatic hydroxyl groups is 1. The number of fused-ring (bicyclic) bond motifs is 1. The fourth-order valence-corrected chi connectivity index (χ4v) is 3.84. The van der Waals surface area contributed by atoms with Crippen LogP contribution < -0.4 is 26.1 Å². The van der Waals surface area contributed by atoms with E-state index < -0.39 is 12.0 Å². The molecule has 2 aromatic heterocycles. The van der Waals surface area contributed by atoms with Crippen molar-refractivity contribution >= 4 is 28.4 Å². The first-order valence-corrected chi connectivity index (χ1v) is 11.1. The summed E-state index contributed by atoms with van der Waals surface area (Å²) < 4.78 is 18.1. The largest absolute Gasteiger partial charge is 0.492 e. The highest BCUT2D eigenvalue weighted by Gasteiger charge is 2.19. The fraction of sp³-hybridized carbons (Fsp3) is 0.391. The molecule has 1 amide bonds. The average Bonchev–Trinajstić information content (AvgIpc) is 2.86. The minimum absolute atomic E-state index is 0.0464. The number of hydrogen-bond donors (Lipinski definition) is 3. The molecular weight excluding hydrogens is 456 g/mol. The Balaban J connectivity index is 1.57. The first kappa shape index (κ1) is 24.4. The molecule has 1 aliphatic heterocycles. The third kappa shape index (κ3) is 5.50. The van der Waals surface area contributed by atoms with E-state index in [-0.39, 0.29) is 29.5 Å². The number of amides is 1. The maximum Gasteiger partial charge on any atom is 0.259 e. The smallest absolute Gasteiger partial charge is 0.259 e. The van der Waals surface area contributed by atoms with E-state index >= 15 is 0 Å². The first-order chi connectivity index (χ1) is 16.9. The van der Waals surface area contributed by atoms with Crippen molar-refractivity contribution in [3.8, 4) is 11.5 Å². The summed E-state index contributed by atoms with van der Waals surface area (Å²) in [4.78, 5) is 35.4. The molecule has 3 aromatic rings. The molecule has 0 spiro atoms. The van der Waals surface area contributed by atoms with Crippen molar-refractivity contribution in [1.82, 2.24) is 19.4 Å². The highest BCUT2D eigenvalue weighted by molar-refractivity contribution is 6.04. The number of β-amino-alcohol motifs (C(OH)–C–C–N with tert-alkyl or cyclic N) is 1. The minimum Gasteiger partial charge on any atom is -0.492 e. The molecule has 0 unspecified atom stereocenters. The molecule has 35 heavy (non-hydrogen) atoms. The van der Waals surface area contributed by atoms with Crippen LogP contribution in [0.4, 0.5) is 11.8 Å². The van der Waals surface area contributed by atoms with Crippen LogP contribution in [0.15, 0.2) is 35.4 Å². The van der Waals surface area contributed by atoms with Crippen LogP contribution in [-0.4, -0.2) is 83.1 Å². The van der Waals surface area contributed by atoms with Gasteiger partial charge < -0.3 is 30.4 Å². The Morgan fingerprint density at radius 1 is 1.26 bits per heavy atom. The second-order valence-corrected chi connectivity index (χ2v) is 8.11. The number of methoxy groups -OCH3 is 1. The van der Waals surface area contributed by atoms with Crippen LogP contribution in [0.25, 0.3) is 10.8 Å². The van der Waals surface area contributed by atoms with Crippen LogP contribution in [0.5, 0.6) is 11.5 Å². The summed E-state index contributed by atoms with van der Waals surface area (Å²) >= 11 is 0. The third-order valence-corrected chi connectivity index (χ3v) is 5.72.